The van der Waals surface area contributed by atoms with Crippen molar-refractivity contribution < 1.29 is 9.90 Å². The van der Waals surface area contributed by atoms with Crippen LogP contribution in [0.5, 0.6) is 0 Å². The maximum atomic E-state index is 11.3. The highest BCUT2D eigenvalue weighted by Crippen LogP contribution is 2.17. The summed E-state index contributed by atoms with van der Waals surface area (Å²) < 4.78 is 0. The van der Waals surface area contributed by atoms with Crippen LogP contribution in [0, 0.1) is 0 Å². The average molecular weight is 278 g/mol. The lowest BCUT2D eigenvalue weighted by atomic mass is 10.0. The van der Waals surface area contributed by atoms with Gasteiger partial charge in [-0.2, -0.15) is 0 Å². The fourth-order valence-electron chi connectivity index (χ4n) is 1.95. The van der Waals surface area contributed by atoms with Crippen molar-refractivity contribution in [2.45, 2.75) is 52.7 Å². The van der Waals surface area contributed by atoms with E-state index in [1.54, 1.807) is 0 Å². The molecule has 4 heteroatoms. The third kappa shape index (κ3) is 5.21. The molecule has 0 aromatic heterocycles. The molecule has 0 fully saturated rings. The highest BCUT2D eigenvalue weighted by atomic mass is 16.4. The molecule has 0 aliphatic heterocycles. The van der Waals surface area contributed by atoms with Crippen LogP contribution in [0.15, 0.2) is 24.3 Å². The van der Waals surface area contributed by atoms with Crippen LogP contribution in [0.2, 0.25) is 0 Å². The molecule has 1 amide bonds. The Morgan fingerprint density at radius 2 is 1.75 bits per heavy atom. The van der Waals surface area contributed by atoms with Crippen molar-refractivity contribution in [1.82, 2.24) is 10.2 Å². The van der Waals surface area contributed by atoms with Gasteiger partial charge in [0, 0.05) is 18.6 Å². The minimum absolute atomic E-state index is 0.396. The lowest BCUT2D eigenvalue weighted by Gasteiger charge is -2.33. The number of benzene rings is 1. The van der Waals surface area contributed by atoms with Gasteiger partial charge < -0.3 is 10.4 Å². The van der Waals surface area contributed by atoms with E-state index >= 15 is 0 Å². The van der Waals surface area contributed by atoms with E-state index in [1.807, 2.05) is 32.9 Å². The first kappa shape index (κ1) is 16.5. The summed E-state index contributed by atoms with van der Waals surface area (Å²) in [4.78, 5) is 12.8. The molecule has 20 heavy (non-hydrogen) atoms. The Bertz CT molecular complexity index is 421. The number of hydrogen-bond donors (Lipinski definition) is 2. The molecule has 0 unspecified atom stereocenters. The van der Waals surface area contributed by atoms with E-state index < -0.39 is 11.6 Å². The van der Waals surface area contributed by atoms with Crippen molar-refractivity contribution in [3.05, 3.63) is 35.4 Å². The number of nitrogens with zero attached hydrogens (tertiary/aromatic N) is 1. The standard InChI is InChI=1S/C16H26N2O2/c1-5-10-17-11-13-6-8-14(9-7-13)12-18(15(19)20)16(2,3)4/h6-9,17H,5,10-12H2,1-4H3,(H,19,20). The second kappa shape index (κ2) is 7.29. The van der Waals surface area contributed by atoms with Gasteiger partial charge in [0.25, 0.3) is 0 Å². The first-order chi connectivity index (χ1) is 9.34. The van der Waals surface area contributed by atoms with E-state index in [1.165, 1.54) is 10.5 Å². The molecule has 0 bridgehead atoms. The maximum Gasteiger partial charge on any atom is 0.408 e. The highest BCUT2D eigenvalue weighted by Gasteiger charge is 2.25. The zero-order valence-corrected chi connectivity index (χ0v) is 12.9. The van der Waals surface area contributed by atoms with Crippen molar-refractivity contribution in [3.63, 3.8) is 0 Å². The summed E-state index contributed by atoms with van der Waals surface area (Å²) >= 11 is 0. The molecule has 0 spiro atoms. The Morgan fingerprint density at radius 3 is 2.20 bits per heavy atom. The second-order valence-corrected chi connectivity index (χ2v) is 6.03. The zero-order valence-electron chi connectivity index (χ0n) is 12.9. The smallest absolute Gasteiger partial charge is 0.408 e. The molecular weight excluding hydrogens is 252 g/mol. The van der Waals surface area contributed by atoms with Crippen LogP contribution in [0.4, 0.5) is 4.79 Å². The number of rotatable bonds is 6. The Balaban J connectivity index is 2.66. The van der Waals surface area contributed by atoms with Gasteiger partial charge in [-0.1, -0.05) is 31.2 Å². The molecule has 0 saturated heterocycles. The second-order valence-electron chi connectivity index (χ2n) is 6.03. The lowest BCUT2D eigenvalue weighted by Crippen LogP contribution is -2.44. The topological polar surface area (TPSA) is 52.6 Å². The van der Waals surface area contributed by atoms with Gasteiger partial charge in [0.2, 0.25) is 0 Å². The van der Waals surface area contributed by atoms with Crippen molar-refractivity contribution in [2.75, 3.05) is 6.54 Å². The minimum Gasteiger partial charge on any atom is -0.465 e. The Kier molecular flexibility index (Phi) is 6.02. The van der Waals surface area contributed by atoms with Gasteiger partial charge >= 0.3 is 6.09 Å². The van der Waals surface area contributed by atoms with Gasteiger partial charge in [-0.25, -0.2) is 4.79 Å². The Morgan fingerprint density at radius 1 is 1.20 bits per heavy atom. The number of hydrogen-bond acceptors (Lipinski definition) is 2. The van der Waals surface area contributed by atoms with Gasteiger partial charge in [-0.15, -0.1) is 0 Å². The zero-order chi connectivity index (χ0) is 15.2. The summed E-state index contributed by atoms with van der Waals surface area (Å²) in [5.74, 6) is 0. The summed E-state index contributed by atoms with van der Waals surface area (Å²) in [5, 5.41) is 12.6. The molecule has 2 N–H and O–H groups in total. The molecule has 4 nitrogen and oxygen atoms in total. The minimum atomic E-state index is -0.883. The predicted molar refractivity (Wildman–Crippen MR) is 81.8 cm³/mol. The fraction of sp³-hybridized carbons (Fsp3) is 0.562. The average Bonchev–Trinajstić information content (AvgIpc) is 2.36. The van der Waals surface area contributed by atoms with Crippen molar-refractivity contribution in [2.24, 2.45) is 0 Å². The van der Waals surface area contributed by atoms with Gasteiger partial charge in [-0.05, 0) is 44.9 Å². The summed E-state index contributed by atoms with van der Waals surface area (Å²) in [7, 11) is 0. The summed E-state index contributed by atoms with van der Waals surface area (Å²) in [6.07, 6.45) is 0.239. The normalized spacial score (nSPS) is 11.4. The van der Waals surface area contributed by atoms with Gasteiger partial charge in [0.15, 0.2) is 0 Å². The van der Waals surface area contributed by atoms with Crippen molar-refractivity contribution in [3.8, 4) is 0 Å². The molecule has 0 aliphatic rings. The summed E-state index contributed by atoms with van der Waals surface area (Å²) in [6.45, 7) is 10.2. The molecular formula is C16H26N2O2. The van der Waals surface area contributed by atoms with Crippen LogP contribution in [-0.4, -0.2) is 28.2 Å². The van der Waals surface area contributed by atoms with E-state index in [4.69, 9.17) is 0 Å². The van der Waals surface area contributed by atoms with E-state index in [9.17, 15) is 9.90 Å². The number of carboxylic acid groups (broad SMARTS) is 1. The van der Waals surface area contributed by atoms with Gasteiger partial charge in [-0.3, -0.25) is 4.90 Å². The van der Waals surface area contributed by atoms with E-state index in [0.717, 1.165) is 25.1 Å². The molecule has 1 aromatic rings. The molecule has 0 aliphatic carbocycles. The van der Waals surface area contributed by atoms with Crippen LogP contribution in [0.1, 0.15) is 45.2 Å². The van der Waals surface area contributed by atoms with E-state index in [-0.39, 0.29) is 0 Å². The molecule has 0 radical (unpaired) electrons. The number of nitrogens with one attached hydrogen (secondary N) is 1. The highest BCUT2D eigenvalue weighted by molar-refractivity contribution is 5.66. The van der Waals surface area contributed by atoms with Gasteiger partial charge in [0.1, 0.15) is 0 Å². The molecule has 1 rings (SSSR count). The molecule has 0 atom stereocenters. The van der Waals surface area contributed by atoms with Crippen molar-refractivity contribution in [1.29, 1.82) is 0 Å². The van der Waals surface area contributed by atoms with Crippen LogP contribution < -0.4 is 5.32 Å². The maximum absolute atomic E-state index is 11.3. The first-order valence-corrected chi connectivity index (χ1v) is 7.13. The number of amides is 1. The first-order valence-electron chi connectivity index (χ1n) is 7.13. The van der Waals surface area contributed by atoms with Crippen LogP contribution in [0.25, 0.3) is 0 Å². The Hall–Kier alpha value is -1.55. The Labute approximate surface area is 121 Å². The summed E-state index contributed by atoms with van der Waals surface area (Å²) in [5.41, 5.74) is 1.84. The van der Waals surface area contributed by atoms with Crippen molar-refractivity contribution >= 4 is 6.09 Å². The monoisotopic (exact) mass is 278 g/mol. The van der Waals surface area contributed by atoms with E-state index in [0.29, 0.717) is 6.54 Å². The molecule has 0 heterocycles. The fourth-order valence-corrected chi connectivity index (χ4v) is 1.95. The largest absolute Gasteiger partial charge is 0.465 e. The van der Waals surface area contributed by atoms with Crippen LogP contribution >= 0.6 is 0 Å². The number of carbonyl (C=O) groups is 1. The quantitative estimate of drug-likeness (QED) is 0.783. The molecule has 1 aromatic carbocycles. The molecule has 112 valence electrons. The lowest BCUT2D eigenvalue weighted by molar-refractivity contribution is 0.0955. The third-order valence-electron chi connectivity index (χ3n) is 3.16. The van der Waals surface area contributed by atoms with Crippen LogP contribution in [0.3, 0.4) is 0 Å². The predicted octanol–water partition coefficient (Wildman–Crippen LogP) is 3.46. The SMILES string of the molecule is CCCNCc1ccc(CN(C(=O)O)C(C)(C)C)cc1. The van der Waals surface area contributed by atoms with E-state index in [2.05, 4.69) is 24.4 Å². The van der Waals surface area contributed by atoms with Gasteiger partial charge in [0.05, 0.1) is 0 Å². The molecule has 0 saturated carbocycles. The summed E-state index contributed by atoms with van der Waals surface area (Å²) in [6, 6.07) is 8.12. The third-order valence-corrected chi connectivity index (χ3v) is 3.16. The van der Waals surface area contributed by atoms with Crippen LogP contribution in [-0.2, 0) is 13.1 Å².